The molecule has 0 spiro atoms. The third-order valence-electron chi connectivity index (χ3n) is 4.02. The molecule has 3 rings (SSSR count). The summed E-state index contributed by atoms with van der Waals surface area (Å²) in [6.07, 6.45) is 4.26. The second kappa shape index (κ2) is 6.44. The van der Waals surface area contributed by atoms with Crippen LogP contribution < -0.4 is 5.32 Å². The molecular formula is C18H21N3S. The Labute approximate surface area is 137 Å². The first-order chi connectivity index (χ1) is 10.6. The highest BCUT2D eigenvalue weighted by Gasteiger charge is 2.31. The van der Waals surface area contributed by atoms with Crippen LogP contribution in [0.25, 0.3) is 0 Å². The van der Waals surface area contributed by atoms with Gasteiger partial charge in [-0.2, -0.15) is 0 Å². The molecule has 4 heteroatoms. The topological polar surface area (TPSA) is 28.2 Å². The van der Waals surface area contributed by atoms with Crippen molar-refractivity contribution in [2.45, 2.75) is 39.3 Å². The zero-order chi connectivity index (χ0) is 15.5. The van der Waals surface area contributed by atoms with Crippen molar-refractivity contribution in [3.63, 3.8) is 0 Å². The Morgan fingerprint density at radius 3 is 2.50 bits per heavy atom. The normalized spacial score (nSPS) is 13.7. The molecule has 0 amide bonds. The number of nitrogens with zero attached hydrogens (tertiary/aromatic N) is 2. The van der Waals surface area contributed by atoms with Gasteiger partial charge in [0.05, 0.1) is 12.2 Å². The van der Waals surface area contributed by atoms with Gasteiger partial charge in [-0.05, 0) is 62.2 Å². The molecule has 0 saturated heterocycles. The van der Waals surface area contributed by atoms with Gasteiger partial charge in [0.1, 0.15) is 0 Å². The zero-order valence-electron chi connectivity index (χ0n) is 13.0. The molecule has 1 aromatic carbocycles. The van der Waals surface area contributed by atoms with Gasteiger partial charge in [-0.3, -0.25) is 4.98 Å². The van der Waals surface area contributed by atoms with E-state index in [4.69, 9.17) is 12.2 Å². The average Bonchev–Trinajstić information content (AvgIpc) is 3.34. The number of benzene rings is 1. The van der Waals surface area contributed by atoms with Crippen LogP contribution in [0.15, 0.2) is 42.6 Å². The minimum atomic E-state index is 0.548. The molecule has 0 bridgehead atoms. The predicted molar refractivity (Wildman–Crippen MR) is 94.9 cm³/mol. The minimum Gasteiger partial charge on any atom is -0.340 e. The Kier molecular flexibility index (Phi) is 4.39. The number of hydrogen-bond acceptors (Lipinski definition) is 2. The first kappa shape index (κ1) is 15.0. The fraction of sp³-hybridized carbons (Fsp3) is 0.333. The molecule has 114 valence electrons. The van der Waals surface area contributed by atoms with Crippen molar-refractivity contribution in [2.75, 3.05) is 5.32 Å². The number of aromatic nitrogens is 1. The Morgan fingerprint density at radius 2 is 1.91 bits per heavy atom. The Hall–Kier alpha value is -1.94. The van der Waals surface area contributed by atoms with Crippen molar-refractivity contribution in [2.24, 2.45) is 0 Å². The fourth-order valence-corrected chi connectivity index (χ4v) is 2.93. The van der Waals surface area contributed by atoms with Gasteiger partial charge < -0.3 is 10.2 Å². The van der Waals surface area contributed by atoms with E-state index in [1.165, 1.54) is 24.0 Å². The fourth-order valence-electron chi connectivity index (χ4n) is 2.61. The second-order valence-corrected chi connectivity index (χ2v) is 6.26. The quantitative estimate of drug-likeness (QED) is 0.862. The Morgan fingerprint density at radius 1 is 1.18 bits per heavy atom. The molecule has 1 aromatic heterocycles. The number of para-hydroxylation sites is 1. The van der Waals surface area contributed by atoms with Gasteiger partial charge in [-0.25, -0.2) is 0 Å². The summed E-state index contributed by atoms with van der Waals surface area (Å²) in [4.78, 5) is 6.69. The van der Waals surface area contributed by atoms with E-state index in [1.807, 2.05) is 18.3 Å². The molecule has 0 radical (unpaired) electrons. The third kappa shape index (κ3) is 3.45. The predicted octanol–water partition coefficient (Wildman–Crippen LogP) is 4.06. The molecule has 3 nitrogen and oxygen atoms in total. The lowest BCUT2D eigenvalue weighted by Gasteiger charge is -2.26. The van der Waals surface area contributed by atoms with Gasteiger partial charge in [0.15, 0.2) is 5.11 Å². The lowest BCUT2D eigenvalue weighted by molar-refractivity contribution is 0.404. The maximum atomic E-state index is 5.68. The number of thiocarbonyl (C=S) groups is 1. The largest absolute Gasteiger partial charge is 0.340 e. The third-order valence-corrected chi connectivity index (χ3v) is 4.36. The van der Waals surface area contributed by atoms with Crippen molar-refractivity contribution in [1.29, 1.82) is 0 Å². The molecule has 1 fully saturated rings. The summed E-state index contributed by atoms with van der Waals surface area (Å²) in [5.41, 5.74) is 4.62. The maximum absolute atomic E-state index is 5.68. The van der Waals surface area contributed by atoms with Crippen LogP contribution in [0, 0.1) is 13.8 Å². The van der Waals surface area contributed by atoms with E-state index in [-0.39, 0.29) is 0 Å². The minimum absolute atomic E-state index is 0.548. The summed E-state index contributed by atoms with van der Waals surface area (Å²) in [5, 5.41) is 4.25. The molecule has 1 saturated carbocycles. The van der Waals surface area contributed by atoms with E-state index in [2.05, 4.69) is 53.3 Å². The number of aryl methyl sites for hydroxylation is 2. The van der Waals surface area contributed by atoms with Gasteiger partial charge in [-0.15, -0.1) is 0 Å². The molecule has 1 N–H and O–H groups in total. The lowest BCUT2D eigenvalue weighted by Crippen LogP contribution is -2.36. The highest BCUT2D eigenvalue weighted by Crippen LogP contribution is 2.29. The van der Waals surface area contributed by atoms with Crippen molar-refractivity contribution in [3.8, 4) is 0 Å². The van der Waals surface area contributed by atoms with Crippen LogP contribution in [-0.2, 0) is 6.54 Å². The van der Waals surface area contributed by atoms with E-state index >= 15 is 0 Å². The van der Waals surface area contributed by atoms with Crippen LogP contribution in [0.1, 0.15) is 29.7 Å². The van der Waals surface area contributed by atoms with Gasteiger partial charge in [0, 0.05) is 17.9 Å². The molecule has 0 atom stereocenters. The smallest absolute Gasteiger partial charge is 0.174 e. The number of rotatable bonds is 4. The number of hydrogen-bond donors (Lipinski definition) is 1. The van der Waals surface area contributed by atoms with Crippen LogP contribution in [0.3, 0.4) is 0 Å². The summed E-state index contributed by atoms with van der Waals surface area (Å²) in [7, 11) is 0. The Balaban J connectivity index is 1.76. The van der Waals surface area contributed by atoms with E-state index in [1.54, 1.807) is 0 Å². The van der Waals surface area contributed by atoms with Crippen LogP contribution >= 0.6 is 12.2 Å². The second-order valence-electron chi connectivity index (χ2n) is 5.88. The van der Waals surface area contributed by atoms with Gasteiger partial charge in [0.25, 0.3) is 0 Å². The van der Waals surface area contributed by atoms with Crippen LogP contribution in [-0.4, -0.2) is 21.0 Å². The van der Waals surface area contributed by atoms with Crippen LogP contribution in [0.5, 0.6) is 0 Å². The van der Waals surface area contributed by atoms with E-state index < -0.39 is 0 Å². The summed E-state index contributed by atoms with van der Waals surface area (Å²) < 4.78 is 0. The van der Waals surface area contributed by atoms with E-state index in [0.717, 1.165) is 23.0 Å². The molecule has 1 heterocycles. The Bertz CT molecular complexity index is 645. The zero-order valence-corrected chi connectivity index (χ0v) is 13.9. The average molecular weight is 311 g/mol. The van der Waals surface area contributed by atoms with Crippen LogP contribution in [0.2, 0.25) is 0 Å². The molecule has 0 unspecified atom stereocenters. The molecule has 22 heavy (non-hydrogen) atoms. The molecule has 0 aliphatic heterocycles. The van der Waals surface area contributed by atoms with E-state index in [0.29, 0.717) is 6.04 Å². The maximum Gasteiger partial charge on any atom is 0.174 e. The van der Waals surface area contributed by atoms with Crippen LogP contribution in [0.4, 0.5) is 5.69 Å². The highest BCUT2D eigenvalue weighted by atomic mass is 32.1. The first-order valence-corrected chi connectivity index (χ1v) is 8.09. The van der Waals surface area contributed by atoms with Gasteiger partial charge in [-0.1, -0.05) is 24.3 Å². The number of anilines is 1. The van der Waals surface area contributed by atoms with Crippen molar-refractivity contribution >= 4 is 23.0 Å². The molecule has 1 aliphatic rings. The number of pyridine rings is 1. The van der Waals surface area contributed by atoms with E-state index in [9.17, 15) is 0 Å². The van der Waals surface area contributed by atoms with Crippen molar-refractivity contribution < 1.29 is 0 Å². The van der Waals surface area contributed by atoms with Gasteiger partial charge >= 0.3 is 0 Å². The lowest BCUT2D eigenvalue weighted by atomic mass is 10.1. The highest BCUT2D eigenvalue weighted by molar-refractivity contribution is 7.80. The molecule has 2 aromatic rings. The van der Waals surface area contributed by atoms with Crippen molar-refractivity contribution in [3.05, 3.63) is 59.4 Å². The van der Waals surface area contributed by atoms with Gasteiger partial charge in [0.2, 0.25) is 0 Å². The standard InChI is InChI=1S/C18H21N3S/c1-13-6-5-7-14(2)17(13)20-18(22)21(16-9-10-16)12-15-8-3-4-11-19-15/h3-8,11,16H,9-10,12H2,1-2H3,(H,20,22). The summed E-state index contributed by atoms with van der Waals surface area (Å²) in [6.45, 7) is 4.98. The SMILES string of the molecule is Cc1cccc(C)c1NC(=S)N(Cc1ccccn1)C1CC1. The summed E-state index contributed by atoms with van der Waals surface area (Å²) in [5.74, 6) is 0. The summed E-state index contributed by atoms with van der Waals surface area (Å²) in [6, 6.07) is 12.9. The summed E-state index contributed by atoms with van der Waals surface area (Å²) >= 11 is 5.68. The molecule has 1 aliphatic carbocycles. The number of nitrogens with one attached hydrogen (secondary N) is 1. The van der Waals surface area contributed by atoms with Crippen molar-refractivity contribution in [1.82, 2.24) is 9.88 Å². The molecular weight excluding hydrogens is 290 g/mol. The first-order valence-electron chi connectivity index (χ1n) is 7.69. The monoisotopic (exact) mass is 311 g/mol.